The molecule has 0 aliphatic rings. The second-order valence-electron chi connectivity index (χ2n) is 6.67. The molecule has 0 fully saturated rings. The predicted octanol–water partition coefficient (Wildman–Crippen LogP) is 4.95. The minimum absolute atomic E-state index is 0.155. The minimum atomic E-state index is -0.187. The van der Waals surface area contributed by atoms with Gasteiger partial charge in [-0.15, -0.1) is 0 Å². The van der Waals surface area contributed by atoms with Crippen molar-refractivity contribution in [3.8, 4) is 0 Å². The predicted molar refractivity (Wildman–Crippen MR) is 117 cm³/mol. The van der Waals surface area contributed by atoms with E-state index in [9.17, 15) is 4.79 Å². The monoisotopic (exact) mass is 367 g/mol. The Morgan fingerprint density at radius 1 is 0.821 bits per heavy atom. The second-order valence-corrected chi connectivity index (χ2v) is 6.67. The van der Waals surface area contributed by atoms with Crippen molar-refractivity contribution < 1.29 is 4.79 Å². The van der Waals surface area contributed by atoms with Crippen LogP contribution in [0, 0.1) is 0 Å². The molecule has 0 aliphatic heterocycles. The Labute approximate surface area is 163 Å². The summed E-state index contributed by atoms with van der Waals surface area (Å²) in [5.74, 6) is -0.187. The molecule has 0 aromatic heterocycles. The van der Waals surface area contributed by atoms with Gasteiger partial charge in [-0.2, -0.15) is 5.10 Å². The van der Waals surface area contributed by atoms with Crippen molar-refractivity contribution in [3.05, 3.63) is 90.5 Å². The SMILES string of the molecule is CC(=NNC(=O)CNc1cccc2ccccc12)c1ccc2ccccc2c1. The van der Waals surface area contributed by atoms with E-state index in [0.717, 1.165) is 33.1 Å². The largest absolute Gasteiger partial charge is 0.376 e. The Balaban J connectivity index is 1.41. The van der Waals surface area contributed by atoms with E-state index in [-0.39, 0.29) is 12.5 Å². The van der Waals surface area contributed by atoms with Crippen LogP contribution in [-0.2, 0) is 4.79 Å². The number of carbonyl (C=O) groups excluding carboxylic acids is 1. The van der Waals surface area contributed by atoms with Crippen molar-refractivity contribution in [3.63, 3.8) is 0 Å². The van der Waals surface area contributed by atoms with Crippen LogP contribution in [0.2, 0.25) is 0 Å². The van der Waals surface area contributed by atoms with E-state index in [1.807, 2.05) is 55.5 Å². The van der Waals surface area contributed by atoms with Crippen molar-refractivity contribution in [1.82, 2.24) is 5.43 Å². The quantitative estimate of drug-likeness (QED) is 0.387. The Morgan fingerprint density at radius 3 is 2.39 bits per heavy atom. The molecule has 4 aromatic rings. The molecule has 138 valence electrons. The lowest BCUT2D eigenvalue weighted by Gasteiger charge is -2.09. The third-order valence-electron chi connectivity index (χ3n) is 4.74. The van der Waals surface area contributed by atoms with Crippen LogP contribution < -0.4 is 10.7 Å². The highest BCUT2D eigenvalue weighted by molar-refractivity contribution is 6.02. The van der Waals surface area contributed by atoms with Crippen LogP contribution in [0.3, 0.4) is 0 Å². The zero-order chi connectivity index (χ0) is 19.3. The highest BCUT2D eigenvalue weighted by Crippen LogP contribution is 2.22. The smallest absolute Gasteiger partial charge is 0.259 e. The molecule has 0 aliphatic carbocycles. The van der Waals surface area contributed by atoms with Crippen LogP contribution in [0.25, 0.3) is 21.5 Å². The normalized spacial score (nSPS) is 11.5. The Hall–Kier alpha value is -3.66. The summed E-state index contributed by atoms with van der Waals surface area (Å²) in [5, 5.41) is 12.0. The maximum Gasteiger partial charge on any atom is 0.259 e. The van der Waals surface area contributed by atoms with Gasteiger partial charge < -0.3 is 5.32 Å². The molecule has 4 nitrogen and oxygen atoms in total. The molecule has 0 atom stereocenters. The van der Waals surface area contributed by atoms with Gasteiger partial charge in [-0.25, -0.2) is 5.43 Å². The number of hydrogen-bond donors (Lipinski definition) is 2. The first-order chi connectivity index (χ1) is 13.7. The molecule has 0 bridgehead atoms. The molecule has 0 saturated carbocycles. The maximum absolute atomic E-state index is 12.2. The summed E-state index contributed by atoms with van der Waals surface area (Å²) in [5.41, 5.74) is 5.32. The number of benzene rings is 4. The van der Waals surface area contributed by atoms with Gasteiger partial charge in [-0.1, -0.05) is 72.8 Å². The lowest BCUT2D eigenvalue weighted by molar-refractivity contribution is -0.119. The number of rotatable bonds is 5. The Morgan fingerprint density at radius 2 is 1.54 bits per heavy atom. The van der Waals surface area contributed by atoms with Crippen LogP contribution in [0.15, 0.2) is 90.0 Å². The van der Waals surface area contributed by atoms with E-state index in [4.69, 9.17) is 0 Å². The van der Waals surface area contributed by atoms with Gasteiger partial charge in [0.2, 0.25) is 0 Å². The van der Waals surface area contributed by atoms with E-state index in [1.54, 1.807) is 0 Å². The number of nitrogens with one attached hydrogen (secondary N) is 2. The molecular weight excluding hydrogens is 346 g/mol. The number of carbonyl (C=O) groups is 1. The number of hydrazone groups is 1. The minimum Gasteiger partial charge on any atom is -0.376 e. The maximum atomic E-state index is 12.2. The van der Waals surface area contributed by atoms with Crippen molar-refractivity contribution in [2.75, 3.05) is 11.9 Å². The van der Waals surface area contributed by atoms with Crippen LogP contribution in [0.4, 0.5) is 5.69 Å². The fourth-order valence-corrected chi connectivity index (χ4v) is 3.22. The zero-order valence-electron chi connectivity index (χ0n) is 15.6. The molecule has 28 heavy (non-hydrogen) atoms. The summed E-state index contributed by atoms with van der Waals surface area (Å²) < 4.78 is 0. The van der Waals surface area contributed by atoms with Gasteiger partial charge in [-0.3, -0.25) is 4.79 Å². The first-order valence-corrected chi connectivity index (χ1v) is 9.25. The lowest BCUT2D eigenvalue weighted by atomic mass is 10.0. The van der Waals surface area contributed by atoms with Crippen molar-refractivity contribution in [1.29, 1.82) is 0 Å². The standard InChI is InChI=1S/C24H21N3O/c1-17(20-14-13-18-7-2-3-9-21(18)15-20)26-27-24(28)16-25-23-12-6-10-19-8-4-5-11-22(19)23/h2-15,25H,16H2,1H3,(H,27,28). The lowest BCUT2D eigenvalue weighted by Crippen LogP contribution is -2.26. The Kier molecular flexibility index (Phi) is 5.02. The van der Waals surface area contributed by atoms with Gasteiger partial charge in [0.1, 0.15) is 0 Å². The summed E-state index contributed by atoms with van der Waals surface area (Å²) in [6, 6.07) is 28.4. The Bertz CT molecular complexity index is 1180. The first-order valence-electron chi connectivity index (χ1n) is 9.25. The van der Waals surface area contributed by atoms with Gasteiger partial charge in [0, 0.05) is 11.1 Å². The van der Waals surface area contributed by atoms with Gasteiger partial charge in [-0.05, 0) is 40.8 Å². The summed E-state index contributed by atoms with van der Waals surface area (Å²) in [6.45, 7) is 2.05. The fourth-order valence-electron chi connectivity index (χ4n) is 3.22. The molecule has 0 heterocycles. The van der Waals surface area contributed by atoms with Crippen LogP contribution >= 0.6 is 0 Å². The molecule has 4 aromatic carbocycles. The van der Waals surface area contributed by atoms with E-state index in [1.165, 1.54) is 5.39 Å². The molecule has 0 radical (unpaired) electrons. The highest BCUT2D eigenvalue weighted by Gasteiger charge is 2.05. The average molecular weight is 367 g/mol. The summed E-state index contributed by atoms with van der Waals surface area (Å²) in [6.07, 6.45) is 0. The highest BCUT2D eigenvalue weighted by atomic mass is 16.2. The van der Waals surface area contributed by atoms with Crippen LogP contribution in [-0.4, -0.2) is 18.2 Å². The molecule has 0 unspecified atom stereocenters. The van der Waals surface area contributed by atoms with Crippen molar-refractivity contribution in [2.24, 2.45) is 5.10 Å². The molecule has 2 N–H and O–H groups in total. The molecule has 0 spiro atoms. The van der Waals surface area contributed by atoms with E-state index < -0.39 is 0 Å². The molecule has 4 rings (SSSR count). The zero-order valence-corrected chi connectivity index (χ0v) is 15.6. The third kappa shape index (κ3) is 3.86. The second kappa shape index (κ2) is 7.92. The van der Waals surface area contributed by atoms with Crippen molar-refractivity contribution in [2.45, 2.75) is 6.92 Å². The van der Waals surface area contributed by atoms with Gasteiger partial charge in [0.25, 0.3) is 5.91 Å². The number of nitrogens with zero attached hydrogens (tertiary/aromatic N) is 1. The fraction of sp³-hybridized carbons (Fsp3) is 0.0833. The molecule has 0 saturated heterocycles. The molecular formula is C24H21N3O. The van der Waals surface area contributed by atoms with Gasteiger partial charge >= 0.3 is 0 Å². The first kappa shape index (κ1) is 17.7. The van der Waals surface area contributed by atoms with E-state index >= 15 is 0 Å². The van der Waals surface area contributed by atoms with Crippen LogP contribution in [0.1, 0.15) is 12.5 Å². The average Bonchev–Trinajstić information content (AvgIpc) is 2.75. The van der Waals surface area contributed by atoms with Crippen molar-refractivity contribution >= 4 is 38.9 Å². The topological polar surface area (TPSA) is 53.5 Å². The van der Waals surface area contributed by atoms with Gasteiger partial charge in [0.15, 0.2) is 0 Å². The summed E-state index contributed by atoms with van der Waals surface area (Å²) >= 11 is 0. The van der Waals surface area contributed by atoms with Crippen LogP contribution in [0.5, 0.6) is 0 Å². The van der Waals surface area contributed by atoms with E-state index in [0.29, 0.717) is 0 Å². The summed E-state index contributed by atoms with van der Waals surface area (Å²) in [7, 11) is 0. The van der Waals surface area contributed by atoms with Gasteiger partial charge in [0.05, 0.1) is 12.3 Å². The number of amides is 1. The number of hydrogen-bond acceptors (Lipinski definition) is 3. The number of fused-ring (bicyclic) bond motifs is 2. The number of anilines is 1. The molecule has 4 heteroatoms. The summed E-state index contributed by atoms with van der Waals surface area (Å²) in [4.78, 5) is 12.2. The third-order valence-corrected chi connectivity index (χ3v) is 4.74. The van der Waals surface area contributed by atoms with E-state index in [2.05, 4.69) is 52.2 Å². The molecule has 1 amide bonds.